The number of carbonyl (C=O) groups is 2. The van der Waals surface area contributed by atoms with Gasteiger partial charge < -0.3 is 30.2 Å². The molecule has 2 amide bonds. The molecule has 11 heteroatoms. The van der Waals surface area contributed by atoms with Crippen LogP contribution in [-0.2, 0) is 16.0 Å². The van der Waals surface area contributed by atoms with E-state index in [4.69, 9.17) is 14.2 Å². The van der Waals surface area contributed by atoms with Crippen molar-refractivity contribution < 1.29 is 23.8 Å². The zero-order chi connectivity index (χ0) is 28.3. The van der Waals surface area contributed by atoms with Crippen molar-refractivity contribution in [2.24, 2.45) is 0 Å². The first-order valence-corrected chi connectivity index (χ1v) is 13.3. The number of hydrogen-bond acceptors (Lipinski definition) is 9. The van der Waals surface area contributed by atoms with Crippen LogP contribution in [0.2, 0.25) is 0 Å². The van der Waals surface area contributed by atoms with Crippen LogP contribution in [0.3, 0.4) is 0 Å². The maximum Gasteiger partial charge on any atom is 0.248 e. The Morgan fingerprint density at radius 1 is 1.10 bits per heavy atom. The van der Waals surface area contributed by atoms with Crippen molar-refractivity contribution in [3.8, 4) is 28.4 Å². The molecule has 0 saturated carbocycles. The van der Waals surface area contributed by atoms with E-state index in [2.05, 4.69) is 20.9 Å². The lowest BCUT2D eigenvalue weighted by atomic mass is 9.95. The van der Waals surface area contributed by atoms with Crippen LogP contribution in [0.5, 0.6) is 17.2 Å². The van der Waals surface area contributed by atoms with Gasteiger partial charge in [0.2, 0.25) is 23.0 Å². The van der Waals surface area contributed by atoms with Gasteiger partial charge in [0.25, 0.3) is 0 Å². The van der Waals surface area contributed by atoms with E-state index in [9.17, 15) is 14.4 Å². The molecule has 10 nitrogen and oxygen atoms in total. The molecule has 1 aromatic heterocycles. The molecule has 206 valence electrons. The molecule has 0 radical (unpaired) electrons. The highest BCUT2D eigenvalue weighted by Crippen LogP contribution is 2.50. The molecule has 3 aromatic rings. The molecular formula is C28H32N4O6S. The van der Waals surface area contributed by atoms with Gasteiger partial charge in [0, 0.05) is 17.9 Å². The van der Waals surface area contributed by atoms with Gasteiger partial charge in [-0.1, -0.05) is 6.07 Å². The quantitative estimate of drug-likeness (QED) is 0.382. The van der Waals surface area contributed by atoms with Gasteiger partial charge in [-0.3, -0.25) is 14.4 Å². The molecule has 0 spiro atoms. The number of aromatic nitrogens is 1. The van der Waals surface area contributed by atoms with E-state index in [0.717, 1.165) is 16.8 Å². The number of anilines is 2. The smallest absolute Gasteiger partial charge is 0.248 e. The second-order valence-electron chi connectivity index (χ2n) is 9.25. The van der Waals surface area contributed by atoms with E-state index in [1.165, 1.54) is 31.4 Å². The summed E-state index contributed by atoms with van der Waals surface area (Å²) in [5, 5.41) is 11.1. The lowest BCUT2D eigenvalue weighted by molar-refractivity contribution is -0.119. The minimum atomic E-state index is -0.721. The first-order chi connectivity index (χ1) is 18.7. The van der Waals surface area contributed by atoms with Gasteiger partial charge in [0.1, 0.15) is 6.04 Å². The summed E-state index contributed by atoms with van der Waals surface area (Å²) in [5.41, 5.74) is 3.76. The molecule has 2 atom stereocenters. The van der Waals surface area contributed by atoms with Crippen molar-refractivity contribution in [1.82, 2.24) is 10.3 Å². The van der Waals surface area contributed by atoms with Crippen LogP contribution in [0.4, 0.5) is 10.8 Å². The molecule has 1 heterocycles. The number of rotatable bonds is 8. The van der Waals surface area contributed by atoms with E-state index in [1.807, 2.05) is 18.4 Å². The Labute approximate surface area is 230 Å². The summed E-state index contributed by atoms with van der Waals surface area (Å²) >= 11 is 1.33. The molecule has 0 fully saturated rings. The number of fused-ring (bicyclic) bond motifs is 3. The number of methoxy groups -OCH3 is 3. The molecule has 1 aliphatic rings. The van der Waals surface area contributed by atoms with Crippen LogP contribution in [0.25, 0.3) is 11.1 Å². The van der Waals surface area contributed by atoms with Crippen LogP contribution in [0, 0.1) is 6.92 Å². The molecule has 0 aliphatic heterocycles. The van der Waals surface area contributed by atoms with E-state index < -0.39 is 12.1 Å². The van der Waals surface area contributed by atoms with Gasteiger partial charge in [-0.2, -0.15) is 0 Å². The third kappa shape index (κ3) is 5.83. The number of nitrogens with zero attached hydrogens (tertiary/aromatic N) is 1. The number of hydrogen-bond donors (Lipinski definition) is 3. The Bertz CT molecular complexity index is 1470. The highest BCUT2D eigenvalue weighted by atomic mass is 32.1. The first-order valence-electron chi connectivity index (χ1n) is 12.4. The van der Waals surface area contributed by atoms with Crippen LogP contribution >= 0.6 is 11.3 Å². The average Bonchev–Trinajstić information content (AvgIpc) is 3.17. The van der Waals surface area contributed by atoms with Crippen LogP contribution < -0.4 is 35.6 Å². The topological polar surface area (TPSA) is 128 Å². The molecule has 1 aliphatic carbocycles. The summed E-state index contributed by atoms with van der Waals surface area (Å²) in [6.45, 7) is 4.96. The highest BCUT2D eigenvalue weighted by molar-refractivity contribution is 7.13. The zero-order valence-electron chi connectivity index (χ0n) is 22.8. The minimum absolute atomic E-state index is 0.209. The Morgan fingerprint density at radius 3 is 2.46 bits per heavy atom. The monoisotopic (exact) mass is 552 g/mol. The van der Waals surface area contributed by atoms with Crippen molar-refractivity contribution in [3.05, 3.63) is 56.7 Å². The van der Waals surface area contributed by atoms with E-state index in [1.54, 1.807) is 33.3 Å². The van der Waals surface area contributed by atoms with Crippen molar-refractivity contribution in [1.29, 1.82) is 0 Å². The van der Waals surface area contributed by atoms with Gasteiger partial charge in [0.15, 0.2) is 16.6 Å². The van der Waals surface area contributed by atoms with Gasteiger partial charge >= 0.3 is 0 Å². The lowest BCUT2D eigenvalue weighted by Gasteiger charge is -2.19. The second-order valence-corrected chi connectivity index (χ2v) is 10.1. The lowest BCUT2D eigenvalue weighted by Crippen LogP contribution is -2.33. The van der Waals surface area contributed by atoms with E-state index >= 15 is 0 Å². The van der Waals surface area contributed by atoms with E-state index in [0.29, 0.717) is 46.3 Å². The van der Waals surface area contributed by atoms with Gasteiger partial charge in [-0.05, 0) is 61.6 Å². The predicted octanol–water partition coefficient (Wildman–Crippen LogP) is 4.07. The molecule has 3 N–H and O–H groups in total. The first kappa shape index (κ1) is 27.9. The third-order valence-electron chi connectivity index (χ3n) is 6.53. The average molecular weight is 553 g/mol. The van der Waals surface area contributed by atoms with Crippen LogP contribution in [0.15, 0.2) is 34.4 Å². The number of nitrogens with one attached hydrogen (secondary N) is 3. The molecule has 0 saturated heterocycles. The van der Waals surface area contributed by atoms with Crippen molar-refractivity contribution in [2.45, 2.75) is 45.7 Å². The SMILES string of the molecule is COc1cc2c(c(OC)c1OC)-c1ccc(N[C@@H](C)C(=O)Nc3nc(C)cs3)c(=O)cc1[C@H](NC(C)=O)CC2. The number of benzene rings is 1. The van der Waals surface area contributed by atoms with Crippen LogP contribution in [-0.4, -0.2) is 44.2 Å². The Kier molecular flexibility index (Phi) is 8.39. The van der Waals surface area contributed by atoms with Gasteiger partial charge in [0.05, 0.1) is 38.8 Å². The predicted molar refractivity (Wildman–Crippen MR) is 151 cm³/mol. The number of aryl methyl sites for hydroxylation is 2. The second kappa shape index (κ2) is 11.7. The fourth-order valence-electron chi connectivity index (χ4n) is 4.75. The molecular weight excluding hydrogens is 520 g/mol. The summed E-state index contributed by atoms with van der Waals surface area (Å²) in [5.74, 6) is 0.889. The maximum absolute atomic E-state index is 13.5. The summed E-state index contributed by atoms with van der Waals surface area (Å²) in [7, 11) is 4.64. The number of amides is 2. The van der Waals surface area contributed by atoms with Crippen molar-refractivity contribution in [3.63, 3.8) is 0 Å². The Balaban J connectivity index is 1.82. The van der Waals surface area contributed by atoms with Gasteiger partial charge in [-0.25, -0.2) is 4.98 Å². The fraction of sp³-hybridized carbons (Fsp3) is 0.357. The number of thiazole rings is 1. The maximum atomic E-state index is 13.5. The highest BCUT2D eigenvalue weighted by Gasteiger charge is 2.29. The van der Waals surface area contributed by atoms with Crippen LogP contribution in [0.1, 0.15) is 43.1 Å². The molecule has 4 rings (SSSR count). The van der Waals surface area contributed by atoms with Crippen molar-refractivity contribution in [2.75, 3.05) is 32.0 Å². The Hall–Kier alpha value is -4.12. The third-order valence-corrected chi connectivity index (χ3v) is 7.41. The molecule has 0 bridgehead atoms. The number of ether oxygens (including phenoxy) is 3. The molecule has 0 unspecified atom stereocenters. The minimum Gasteiger partial charge on any atom is -0.493 e. The Morgan fingerprint density at radius 2 is 1.85 bits per heavy atom. The van der Waals surface area contributed by atoms with E-state index in [-0.39, 0.29) is 22.9 Å². The summed E-state index contributed by atoms with van der Waals surface area (Å²) in [6.07, 6.45) is 1.15. The standard InChI is InChI=1S/C28H32N4O6S/c1-14-13-39-28(29-14)32-27(35)15(2)30-21-10-8-18-19(12-22(21)34)20(31-16(3)33)9-7-17-11-23(36-4)25(37-5)26(38-6)24(17)18/h8,10-13,15,20H,7,9H2,1-6H3,(H,30,34)(H,31,33)(H,29,32,35)/t15-,20+/m0/s1. The summed E-state index contributed by atoms with van der Waals surface area (Å²) in [6, 6.07) is 5.72. The van der Waals surface area contributed by atoms with Crippen molar-refractivity contribution >= 4 is 34.0 Å². The van der Waals surface area contributed by atoms with Gasteiger partial charge in [-0.15, -0.1) is 11.3 Å². The normalized spacial score (nSPS) is 14.7. The molecule has 2 aromatic carbocycles. The summed E-state index contributed by atoms with van der Waals surface area (Å²) in [4.78, 5) is 42.6. The zero-order valence-corrected chi connectivity index (χ0v) is 23.6. The molecule has 39 heavy (non-hydrogen) atoms. The summed E-state index contributed by atoms with van der Waals surface area (Å²) < 4.78 is 17.0. The fourth-order valence-corrected chi connectivity index (χ4v) is 5.44. The number of carbonyl (C=O) groups excluding carboxylic acids is 2. The largest absolute Gasteiger partial charge is 0.493 e.